The van der Waals surface area contributed by atoms with Crippen LogP contribution in [0.25, 0.3) is 0 Å². The predicted molar refractivity (Wildman–Crippen MR) is 89.1 cm³/mol. The van der Waals surface area contributed by atoms with Gasteiger partial charge in [0.05, 0.1) is 29.6 Å². The van der Waals surface area contributed by atoms with Crippen LogP contribution in [-0.4, -0.2) is 48.0 Å². The molecule has 1 atom stereocenters. The number of carbonyl (C=O) groups is 2. The normalized spacial score (nSPS) is 18.0. The molecule has 2 N–H and O–H groups in total. The predicted octanol–water partition coefficient (Wildman–Crippen LogP) is 1.38. The smallest absolute Gasteiger partial charge is 0.310 e. The Kier molecular flexibility index (Phi) is 6.98. The van der Waals surface area contributed by atoms with Gasteiger partial charge in [0.2, 0.25) is 5.91 Å². The fourth-order valence-electron chi connectivity index (χ4n) is 2.72. The second-order valence-corrected chi connectivity index (χ2v) is 6.68. The van der Waals surface area contributed by atoms with Crippen LogP contribution >= 0.6 is 11.3 Å². The van der Waals surface area contributed by atoms with E-state index in [-0.39, 0.29) is 17.8 Å². The quantitative estimate of drug-likeness (QED) is 0.759. The highest BCUT2D eigenvalue weighted by molar-refractivity contribution is 7.09. The van der Waals surface area contributed by atoms with Crippen LogP contribution in [0.15, 0.2) is 5.38 Å². The van der Waals surface area contributed by atoms with Gasteiger partial charge in [0, 0.05) is 24.9 Å². The molecule has 1 fully saturated rings. The number of nitrogens with zero attached hydrogens (tertiary/aromatic N) is 2. The van der Waals surface area contributed by atoms with Gasteiger partial charge in [-0.05, 0) is 32.7 Å². The van der Waals surface area contributed by atoms with Crippen molar-refractivity contribution in [3.05, 3.63) is 16.1 Å². The molecule has 1 amide bonds. The van der Waals surface area contributed by atoms with Gasteiger partial charge >= 0.3 is 5.97 Å². The molecule has 23 heavy (non-hydrogen) atoms. The number of carbonyl (C=O) groups excluding carboxylic acids is 2. The maximum absolute atomic E-state index is 12.4. The lowest BCUT2D eigenvalue weighted by Gasteiger charge is -2.31. The van der Waals surface area contributed by atoms with Gasteiger partial charge in [0.15, 0.2) is 0 Å². The van der Waals surface area contributed by atoms with Gasteiger partial charge in [-0.2, -0.15) is 0 Å². The number of piperidine rings is 1. The van der Waals surface area contributed by atoms with Crippen LogP contribution < -0.4 is 5.73 Å². The summed E-state index contributed by atoms with van der Waals surface area (Å²) in [6.07, 6.45) is 3.71. The molecule has 6 nitrogen and oxygen atoms in total. The summed E-state index contributed by atoms with van der Waals surface area (Å²) in [7, 11) is 0. The van der Waals surface area contributed by atoms with Crippen molar-refractivity contribution < 1.29 is 14.3 Å². The van der Waals surface area contributed by atoms with Crippen molar-refractivity contribution in [2.75, 3.05) is 26.2 Å². The first-order chi connectivity index (χ1) is 11.1. The molecule has 0 spiro atoms. The molecule has 0 bridgehead atoms. The molecule has 1 aromatic heterocycles. The summed E-state index contributed by atoms with van der Waals surface area (Å²) in [4.78, 5) is 30.5. The van der Waals surface area contributed by atoms with Crippen LogP contribution in [0.3, 0.4) is 0 Å². The van der Waals surface area contributed by atoms with E-state index in [2.05, 4.69) is 4.98 Å². The first-order valence-electron chi connectivity index (χ1n) is 8.21. The fourth-order valence-corrected chi connectivity index (χ4v) is 3.56. The van der Waals surface area contributed by atoms with Gasteiger partial charge in [0.25, 0.3) is 0 Å². The van der Waals surface area contributed by atoms with Gasteiger partial charge in [-0.15, -0.1) is 11.3 Å². The monoisotopic (exact) mass is 339 g/mol. The largest absolute Gasteiger partial charge is 0.466 e. The first-order valence-corrected chi connectivity index (χ1v) is 9.09. The number of ether oxygens (including phenoxy) is 1. The van der Waals surface area contributed by atoms with Crippen molar-refractivity contribution >= 4 is 23.2 Å². The number of aromatic nitrogens is 1. The second-order valence-electron chi connectivity index (χ2n) is 5.73. The summed E-state index contributed by atoms with van der Waals surface area (Å²) in [5.41, 5.74) is 6.31. The number of likely N-dealkylation sites (tertiary alicyclic amines) is 1. The number of nitrogens with two attached hydrogens (primary N) is 1. The standard InChI is InChI=1S/C16H25N3O3S/c1-2-22-16(21)12-5-4-8-19(10-12)15(20)9-13-11-23-14(18-13)6-3-7-17/h11-12H,2-10,17H2,1H3. The van der Waals surface area contributed by atoms with E-state index in [1.807, 2.05) is 5.38 Å². The third-order valence-electron chi connectivity index (χ3n) is 3.92. The molecule has 7 heteroatoms. The van der Waals surface area contributed by atoms with Crippen LogP contribution in [0.2, 0.25) is 0 Å². The SMILES string of the molecule is CCOC(=O)C1CCCN(C(=O)Cc2csc(CCCN)n2)C1. The van der Waals surface area contributed by atoms with E-state index in [0.29, 0.717) is 32.7 Å². The summed E-state index contributed by atoms with van der Waals surface area (Å²) in [5.74, 6) is -0.347. The maximum atomic E-state index is 12.4. The van der Waals surface area contributed by atoms with Crippen molar-refractivity contribution in [3.8, 4) is 0 Å². The summed E-state index contributed by atoms with van der Waals surface area (Å²) in [6.45, 7) is 4.00. The van der Waals surface area contributed by atoms with Crippen LogP contribution in [0, 0.1) is 5.92 Å². The average Bonchev–Trinajstić information content (AvgIpc) is 3.00. The fraction of sp³-hybridized carbons (Fsp3) is 0.688. The van der Waals surface area contributed by atoms with E-state index >= 15 is 0 Å². The van der Waals surface area contributed by atoms with Crippen LogP contribution in [0.5, 0.6) is 0 Å². The van der Waals surface area contributed by atoms with Crippen molar-refractivity contribution in [3.63, 3.8) is 0 Å². The second kappa shape index (κ2) is 8.98. The van der Waals surface area contributed by atoms with Gasteiger partial charge in [-0.25, -0.2) is 4.98 Å². The zero-order chi connectivity index (χ0) is 16.7. The Bertz CT molecular complexity index is 532. The zero-order valence-corrected chi connectivity index (χ0v) is 14.4. The number of amides is 1. The Hall–Kier alpha value is -1.47. The highest BCUT2D eigenvalue weighted by Crippen LogP contribution is 2.19. The van der Waals surface area contributed by atoms with Crippen LogP contribution in [0.4, 0.5) is 0 Å². The molecule has 2 rings (SSSR count). The molecular weight excluding hydrogens is 314 g/mol. The minimum Gasteiger partial charge on any atom is -0.466 e. The number of esters is 1. The van der Waals surface area contributed by atoms with E-state index in [0.717, 1.165) is 36.4 Å². The number of rotatable bonds is 7. The lowest BCUT2D eigenvalue weighted by Crippen LogP contribution is -2.43. The van der Waals surface area contributed by atoms with E-state index in [1.54, 1.807) is 23.2 Å². The van der Waals surface area contributed by atoms with Gasteiger partial charge in [-0.3, -0.25) is 9.59 Å². The van der Waals surface area contributed by atoms with Gasteiger partial charge in [-0.1, -0.05) is 0 Å². The summed E-state index contributed by atoms with van der Waals surface area (Å²) in [6, 6.07) is 0. The highest BCUT2D eigenvalue weighted by atomic mass is 32.1. The van der Waals surface area contributed by atoms with Gasteiger partial charge < -0.3 is 15.4 Å². The third-order valence-corrected chi connectivity index (χ3v) is 4.88. The van der Waals surface area contributed by atoms with E-state index in [4.69, 9.17) is 10.5 Å². The Morgan fingerprint density at radius 2 is 2.35 bits per heavy atom. The van der Waals surface area contributed by atoms with E-state index in [1.165, 1.54) is 0 Å². The molecule has 0 aliphatic carbocycles. The average molecular weight is 339 g/mol. The first kappa shape index (κ1) is 17.9. The summed E-state index contributed by atoms with van der Waals surface area (Å²) in [5, 5.41) is 2.97. The number of aryl methyl sites for hydroxylation is 1. The molecule has 0 saturated carbocycles. The molecule has 0 aromatic carbocycles. The maximum Gasteiger partial charge on any atom is 0.310 e. The number of thiazole rings is 1. The Morgan fingerprint density at radius 1 is 1.52 bits per heavy atom. The van der Waals surface area contributed by atoms with Crippen molar-refractivity contribution in [2.24, 2.45) is 11.7 Å². The molecule has 2 heterocycles. The Labute approximate surface area is 141 Å². The minimum absolute atomic E-state index is 0.0367. The molecule has 1 saturated heterocycles. The van der Waals surface area contributed by atoms with Crippen molar-refractivity contribution in [2.45, 2.75) is 39.0 Å². The van der Waals surface area contributed by atoms with Gasteiger partial charge in [0.1, 0.15) is 0 Å². The molecule has 1 unspecified atom stereocenters. The summed E-state index contributed by atoms with van der Waals surface area (Å²) >= 11 is 1.58. The molecule has 128 valence electrons. The van der Waals surface area contributed by atoms with Crippen LogP contribution in [-0.2, 0) is 27.2 Å². The molecule has 0 radical (unpaired) electrons. The highest BCUT2D eigenvalue weighted by Gasteiger charge is 2.29. The minimum atomic E-state index is -0.192. The van der Waals surface area contributed by atoms with Crippen LogP contribution in [0.1, 0.15) is 36.9 Å². The molecule has 1 aromatic rings. The lowest BCUT2D eigenvalue weighted by molar-refractivity contribution is -0.151. The topological polar surface area (TPSA) is 85.5 Å². The number of hydrogen-bond acceptors (Lipinski definition) is 6. The third kappa shape index (κ3) is 5.28. The van der Waals surface area contributed by atoms with Crippen molar-refractivity contribution in [1.29, 1.82) is 0 Å². The molecular formula is C16H25N3O3S. The Morgan fingerprint density at radius 3 is 3.09 bits per heavy atom. The Balaban J connectivity index is 1.87. The number of hydrogen-bond donors (Lipinski definition) is 1. The van der Waals surface area contributed by atoms with Crippen molar-refractivity contribution in [1.82, 2.24) is 9.88 Å². The lowest BCUT2D eigenvalue weighted by atomic mass is 9.98. The van der Waals surface area contributed by atoms with E-state index in [9.17, 15) is 9.59 Å². The summed E-state index contributed by atoms with van der Waals surface area (Å²) < 4.78 is 5.07. The molecule has 1 aliphatic heterocycles. The molecule has 1 aliphatic rings. The zero-order valence-electron chi connectivity index (χ0n) is 13.6. The van der Waals surface area contributed by atoms with E-state index < -0.39 is 0 Å².